The molecule has 0 bridgehead atoms. The largest absolute Gasteiger partial charge is 0.501 e. The molecule has 2 aliphatic heterocycles. The summed E-state index contributed by atoms with van der Waals surface area (Å²) in [5, 5.41) is 0.120. The molecule has 1 aromatic rings. The fraction of sp³-hybridized carbons (Fsp3) is 0.632. The SMILES string of the molecule is CCSC1CCCCN(c2ccc(S(=O)(=O)N3CC(C(N)=O)C3)cc2S(=O)(=O)C(F)(F)F)C1. The normalized spacial score (nSPS) is 21.5. The van der Waals surface area contributed by atoms with Gasteiger partial charge < -0.3 is 10.6 Å². The lowest BCUT2D eigenvalue weighted by Gasteiger charge is -2.36. The Bertz CT molecular complexity index is 1100. The highest BCUT2D eigenvalue weighted by Crippen LogP contribution is 2.39. The van der Waals surface area contributed by atoms with E-state index in [-0.39, 0.29) is 24.0 Å². The van der Waals surface area contributed by atoms with Crippen molar-refractivity contribution >= 4 is 43.2 Å². The summed E-state index contributed by atoms with van der Waals surface area (Å²) in [6.07, 6.45) is 2.39. The van der Waals surface area contributed by atoms with E-state index in [4.69, 9.17) is 5.73 Å². The number of sulfone groups is 1. The molecule has 1 aromatic carbocycles. The average molecular weight is 530 g/mol. The lowest BCUT2D eigenvalue weighted by Crippen LogP contribution is -2.54. The first kappa shape index (κ1) is 26.1. The van der Waals surface area contributed by atoms with Gasteiger partial charge in [0.1, 0.15) is 4.90 Å². The van der Waals surface area contributed by atoms with Crippen molar-refractivity contribution in [1.82, 2.24) is 4.31 Å². The van der Waals surface area contributed by atoms with Crippen LogP contribution in [0.25, 0.3) is 0 Å². The van der Waals surface area contributed by atoms with Gasteiger partial charge in [-0.05, 0) is 36.8 Å². The molecule has 3 rings (SSSR count). The number of anilines is 1. The van der Waals surface area contributed by atoms with Gasteiger partial charge >= 0.3 is 5.51 Å². The molecule has 0 radical (unpaired) electrons. The summed E-state index contributed by atoms with van der Waals surface area (Å²) in [4.78, 5) is 11.1. The zero-order chi connectivity index (χ0) is 24.6. The number of alkyl halides is 3. The minimum Gasteiger partial charge on any atom is -0.369 e. The van der Waals surface area contributed by atoms with Crippen LogP contribution in [-0.4, -0.2) is 69.7 Å². The molecule has 2 N–H and O–H groups in total. The number of rotatable bonds is 7. The zero-order valence-corrected chi connectivity index (χ0v) is 20.4. The van der Waals surface area contributed by atoms with Crippen LogP contribution in [0.1, 0.15) is 26.2 Å². The number of benzene rings is 1. The number of amides is 1. The molecular weight excluding hydrogens is 503 g/mol. The summed E-state index contributed by atoms with van der Waals surface area (Å²) in [7, 11) is -10.1. The van der Waals surface area contributed by atoms with Gasteiger partial charge in [0.15, 0.2) is 0 Å². The number of primary amides is 1. The van der Waals surface area contributed by atoms with Crippen molar-refractivity contribution in [3.63, 3.8) is 0 Å². The minimum atomic E-state index is -5.83. The number of hydrogen-bond donors (Lipinski definition) is 1. The molecule has 1 amide bonds. The number of nitrogens with two attached hydrogens (primary N) is 1. The number of nitrogens with zero attached hydrogens (tertiary/aromatic N) is 2. The maximum atomic E-state index is 13.5. The Morgan fingerprint density at radius 1 is 1.15 bits per heavy atom. The molecular formula is C19H26F3N3O5S3. The number of sulfonamides is 1. The summed E-state index contributed by atoms with van der Waals surface area (Å²) in [6, 6.07) is 2.83. The van der Waals surface area contributed by atoms with Crippen molar-refractivity contribution in [2.75, 3.05) is 36.8 Å². The van der Waals surface area contributed by atoms with Gasteiger partial charge in [-0.3, -0.25) is 4.79 Å². The Morgan fingerprint density at radius 2 is 1.82 bits per heavy atom. The smallest absolute Gasteiger partial charge is 0.369 e. The van der Waals surface area contributed by atoms with E-state index in [0.29, 0.717) is 25.6 Å². The molecule has 2 fully saturated rings. The third kappa shape index (κ3) is 5.28. The summed E-state index contributed by atoms with van der Waals surface area (Å²) in [6.45, 7) is 2.28. The van der Waals surface area contributed by atoms with Crippen molar-refractivity contribution in [3.8, 4) is 0 Å². The van der Waals surface area contributed by atoms with E-state index < -0.39 is 47.0 Å². The fourth-order valence-electron chi connectivity index (χ4n) is 3.91. The van der Waals surface area contributed by atoms with Gasteiger partial charge in [0.05, 0.1) is 16.5 Å². The van der Waals surface area contributed by atoms with Gasteiger partial charge in [0.25, 0.3) is 9.84 Å². The molecule has 0 aliphatic carbocycles. The second kappa shape index (κ2) is 9.62. The van der Waals surface area contributed by atoms with E-state index in [1.165, 1.54) is 0 Å². The minimum absolute atomic E-state index is 0.120. The topological polar surface area (TPSA) is 118 Å². The molecule has 186 valence electrons. The van der Waals surface area contributed by atoms with Crippen molar-refractivity contribution in [2.45, 2.75) is 46.7 Å². The average Bonchev–Trinajstić information content (AvgIpc) is 2.90. The molecule has 0 saturated carbocycles. The third-order valence-electron chi connectivity index (χ3n) is 5.78. The van der Waals surface area contributed by atoms with Crippen LogP contribution in [-0.2, 0) is 24.7 Å². The Balaban J connectivity index is 2.05. The lowest BCUT2D eigenvalue weighted by molar-refractivity contribution is -0.124. The first-order chi connectivity index (χ1) is 15.3. The number of carbonyl (C=O) groups is 1. The van der Waals surface area contributed by atoms with Crippen molar-refractivity contribution < 1.29 is 34.8 Å². The van der Waals surface area contributed by atoms with Crippen molar-refractivity contribution in [2.24, 2.45) is 11.7 Å². The molecule has 1 unspecified atom stereocenters. The first-order valence-electron chi connectivity index (χ1n) is 10.4. The van der Waals surface area contributed by atoms with Gasteiger partial charge in [-0.1, -0.05) is 13.3 Å². The van der Waals surface area contributed by atoms with E-state index in [2.05, 4.69) is 0 Å². The maximum absolute atomic E-state index is 13.5. The molecule has 1 atom stereocenters. The number of halogens is 3. The van der Waals surface area contributed by atoms with E-state index in [1.54, 1.807) is 16.7 Å². The quantitative estimate of drug-likeness (QED) is 0.575. The Hall–Kier alpha value is -1.51. The summed E-state index contributed by atoms with van der Waals surface area (Å²) >= 11 is 1.65. The second-order valence-electron chi connectivity index (χ2n) is 8.02. The van der Waals surface area contributed by atoms with Crippen LogP contribution >= 0.6 is 11.8 Å². The maximum Gasteiger partial charge on any atom is 0.501 e. The fourth-order valence-corrected chi connectivity index (χ4v) is 7.64. The van der Waals surface area contributed by atoms with Crippen LogP contribution in [0, 0.1) is 5.92 Å². The highest BCUT2D eigenvalue weighted by atomic mass is 32.2. The standard InChI is InChI=1S/C19H26F3N3O5S3/c1-2-31-14-5-3-4-8-24(12-14)16-7-6-15(9-17(16)32(27,28)19(20,21)22)33(29,30)25-10-13(11-25)18(23)26/h6-7,9,13-14H,2-5,8,10-12H2,1H3,(H2,23,26). The van der Waals surface area contributed by atoms with Crippen molar-refractivity contribution in [1.29, 1.82) is 0 Å². The molecule has 0 aromatic heterocycles. The van der Waals surface area contributed by atoms with Gasteiger partial charge in [0.2, 0.25) is 15.9 Å². The van der Waals surface area contributed by atoms with Crippen LogP contribution in [0.4, 0.5) is 18.9 Å². The summed E-state index contributed by atoms with van der Waals surface area (Å²) in [5.74, 6) is -0.564. The lowest BCUT2D eigenvalue weighted by atomic mass is 10.0. The van der Waals surface area contributed by atoms with E-state index in [9.17, 15) is 34.8 Å². The highest BCUT2D eigenvalue weighted by Gasteiger charge is 2.49. The van der Waals surface area contributed by atoms with E-state index >= 15 is 0 Å². The predicted octanol–water partition coefficient (Wildman–Crippen LogP) is 2.20. The predicted molar refractivity (Wildman–Crippen MR) is 119 cm³/mol. The molecule has 14 heteroatoms. The van der Waals surface area contributed by atoms with Crippen LogP contribution < -0.4 is 10.6 Å². The zero-order valence-electron chi connectivity index (χ0n) is 17.9. The molecule has 2 heterocycles. The van der Waals surface area contributed by atoms with E-state index in [0.717, 1.165) is 35.0 Å². The molecule has 0 spiro atoms. The van der Waals surface area contributed by atoms with Crippen LogP contribution in [0.5, 0.6) is 0 Å². The summed E-state index contributed by atoms with van der Waals surface area (Å²) in [5.41, 5.74) is -0.608. The highest BCUT2D eigenvalue weighted by molar-refractivity contribution is 7.99. The van der Waals surface area contributed by atoms with E-state index in [1.807, 2.05) is 6.92 Å². The third-order valence-corrected chi connectivity index (χ3v) is 10.3. The monoisotopic (exact) mass is 529 g/mol. The molecule has 8 nitrogen and oxygen atoms in total. The second-order valence-corrected chi connectivity index (χ2v) is 13.4. The van der Waals surface area contributed by atoms with Gasteiger partial charge in [-0.25, -0.2) is 16.8 Å². The van der Waals surface area contributed by atoms with Crippen LogP contribution in [0.2, 0.25) is 0 Å². The Morgan fingerprint density at radius 3 is 2.39 bits per heavy atom. The molecule has 33 heavy (non-hydrogen) atoms. The number of carbonyl (C=O) groups excluding carboxylic acids is 1. The van der Waals surface area contributed by atoms with Crippen molar-refractivity contribution in [3.05, 3.63) is 18.2 Å². The van der Waals surface area contributed by atoms with Gasteiger partial charge in [-0.15, -0.1) is 0 Å². The number of thioether (sulfide) groups is 1. The van der Waals surface area contributed by atoms with Crippen LogP contribution in [0.3, 0.4) is 0 Å². The molecule has 2 saturated heterocycles. The Kier molecular flexibility index (Phi) is 7.61. The van der Waals surface area contributed by atoms with Gasteiger partial charge in [-0.2, -0.15) is 29.2 Å². The number of hydrogen-bond acceptors (Lipinski definition) is 7. The Labute approximate surface area is 195 Å². The summed E-state index contributed by atoms with van der Waals surface area (Å²) < 4.78 is 92.1. The molecule has 2 aliphatic rings. The van der Waals surface area contributed by atoms with Crippen LogP contribution in [0.15, 0.2) is 28.0 Å². The first-order valence-corrected chi connectivity index (χ1v) is 14.4. The van der Waals surface area contributed by atoms with Gasteiger partial charge in [0, 0.05) is 31.4 Å².